The van der Waals surface area contributed by atoms with E-state index in [2.05, 4.69) is 25.7 Å². The van der Waals surface area contributed by atoms with E-state index in [1.807, 2.05) is 0 Å². The highest BCUT2D eigenvalue weighted by Gasteiger charge is 2.25. The van der Waals surface area contributed by atoms with Crippen LogP contribution in [-0.4, -0.2) is 33.8 Å². The maximum absolute atomic E-state index is 11.4. The summed E-state index contributed by atoms with van der Waals surface area (Å²) in [7, 11) is -0.642. The molecule has 0 spiro atoms. The molecule has 1 aliphatic rings. The van der Waals surface area contributed by atoms with E-state index >= 15 is 0 Å². The van der Waals surface area contributed by atoms with Crippen molar-refractivity contribution in [3.63, 3.8) is 0 Å². The maximum atomic E-state index is 11.4. The highest BCUT2D eigenvalue weighted by Crippen LogP contribution is 2.33. The summed E-state index contributed by atoms with van der Waals surface area (Å²) in [5.41, 5.74) is 6.95. The number of anilines is 1. The number of hydrogen-bond donors (Lipinski definition) is 1. The number of rotatable bonds is 2. The van der Waals surface area contributed by atoms with Crippen LogP contribution in [0.25, 0.3) is 0 Å². The predicted molar refractivity (Wildman–Crippen MR) is 78.8 cm³/mol. The molecule has 0 saturated carbocycles. The van der Waals surface area contributed by atoms with Gasteiger partial charge in [-0.1, -0.05) is 20.8 Å². The van der Waals surface area contributed by atoms with Gasteiger partial charge in [0.1, 0.15) is 0 Å². The molecule has 2 heterocycles. The summed E-state index contributed by atoms with van der Waals surface area (Å²) in [4.78, 5) is 8.17. The minimum Gasteiger partial charge on any atom is -0.346 e. The van der Waals surface area contributed by atoms with Crippen LogP contribution in [0.1, 0.15) is 31.3 Å². The summed E-state index contributed by atoms with van der Waals surface area (Å²) >= 11 is 1.68. The van der Waals surface area contributed by atoms with Crippen molar-refractivity contribution >= 4 is 27.3 Å². The molecule has 1 saturated heterocycles. The van der Waals surface area contributed by atoms with Gasteiger partial charge in [-0.15, -0.1) is 11.3 Å². The van der Waals surface area contributed by atoms with Gasteiger partial charge in [-0.05, 0) is 0 Å². The summed E-state index contributed by atoms with van der Waals surface area (Å²) in [6.07, 6.45) is 0. The minimum atomic E-state index is -0.642. The van der Waals surface area contributed by atoms with Crippen LogP contribution in [0.15, 0.2) is 0 Å². The Morgan fingerprint density at radius 2 is 2.00 bits per heavy atom. The number of thiazole rings is 1. The summed E-state index contributed by atoms with van der Waals surface area (Å²) in [6.45, 7) is 8.72. The third-order valence-electron chi connectivity index (χ3n) is 3.03. The molecule has 0 unspecified atom stereocenters. The topological polar surface area (TPSA) is 59.2 Å². The Balaban J connectivity index is 2.24. The summed E-state index contributed by atoms with van der Waals surface area (Å²) in [5, 5.41) is 1.04. The monoisotopic (exact) mass is 287 g/mol. The lowest BCUT2D eigenvalue weighted by Crippen LogP contribution is -2.37. The molecule has 0 amide bonds. The molecule has 0 atom stereocenters. The van der Waals surface area contributed by atoms with Gasteiger partial charge >= 0.3 is 0 Å². The maximum Gasteiger partial charge on any atom is 0.185 e. The third-order valence-corrected chi connectivity index (χ3v) is 5.44. The van der Waals surface area contributed by atoms with Crippen molar-refractivity contribution in [1.82, 2.24) is 4.98 Å². The third kappa shape index (κ3) is 2.92. The van der Waals surface area contributed by atoms with E-state index in [1.165, 1.54) is 4.88 Å². The molecule has 1 aromatic heterocycles. The number of nitrogens with zero attached hydrogens (tertiary/aromatic N) is 2. The van der Waals surface area contributed by atoms with Crippen molar-refractivity contribution in [2.75, 3.05) is 29.5 Å². The highest BCUT2D eigenvalue weighted by molar-refractivity contribution is 7.85. The molecule has 0 aliphatic carbocycles. The fraction of sp³-hybridized carbons (Fsp3) is 0.750. The first kappa shape index (κ1) is 14.0. The van der Waals surface area contributed by atoms with Crippen molar-refractivity contribution in [2.24, 2.45) is 5.73 Å². The summed E-state index contributed by atoms with van der Waals surface area (Å²) < 4.78 is 11.4. The Morgan fingerprint density at radius 3 is 2.44 bits per heavy atom. The quantitative estimate of drug-likeness (QED) is 0.895. The number of aromatic nitrogens is 1. The minimum absolute atomic E-state index is 0.0298. The highest BCUT2D eigenvalue weighted by atomic mass is 32.2. The van der Waals surface area contributed by atoms with Crippen LogP contribution >= 0.6 is 11.3 Å². The molecule has 2 N–H and O–H groups in total. The molecule has 1 fully saturated rings. The van der Waals surface area contributed by atoms with Crippen molar-refractivity contribution in [2.45, 2.75) is 32.7 Å². The Bertz CT molecular complexity index is 441. The first-order chi connectivity index (χ1) is 8.41. The lowest BCUT2D eigenvalue weighted by atomic mass is 9.91. The first-order valence-electron chi connectivity index (χ1n) is 6.22. The van der Waals surface area contributed by atoms with Gasteiger partial charge in [0.15, 0.2) is 5.13 Å². The van der Waals surface area contributed by atoms with Gasteiger partial charge in [-0.3, -0.25) is 4.21 Å². The molecule has 6 heteroatoms. The van der Waals surface area contributed by atoms with Gasteiger partial charge in [0, 0.05) is 52.2 Å². The van der Waals surface area contributed by atoms with Crippen molar-refractivity contribution in [3.05, 3.63) is 10.6 Å². The first-order valence-corrected chi connectivity index (χ1v) is 8.52. The molecule has 1 aromatic rings. The molecular weight excluding hydrogens is 266 g/mol. The van der Waals surface area contributed by atoms with Crippen LogP contribution in [0.2, 0.25) is 0 Å². The van der Waals surface area contributed by atoms with Gasteiger partial charge in [0.25, 0.3) is 0 Å². The van der Waals surface area contributed by atoms with Crippen LogP contribution in [-0.2, 0) is 22.8 Å². The van der Waals surface area contributed by atoms with Crippen LogP contribution in [0.3, 0.4) is 0 Å². The average Bonchev–Trinajstić information content (AvgIpc) is 2.73. The number of hydrogen-bond acceptors (Lipinski definition) is 5. The van der Waals surface area contributed by atoms with E-state index in [0.29, 0.717) is 6.54 Å². The molecule has 102 valence electrons. The zero-order valence-corrected chi connectivity index (χ0v) is 12.9. The van der Waals surface area contributed by atoms with Gasteiger partial charge in [0.2, 0.25) is 0 Å². The SMILES string of the molecule is CC(C)(C)c1nc(N2CCS(=O)CC2)sc1CN. The normalized spacial score (nSPS) is 18.3. The Hall–Kier alpha value is -0.460. The largest absolute Gasteiger partial charge is 0.346 e. The predicted octanol–water partition coefficient (Wildman–Crippen LogP) is 1.47. The second kappa shape index (κ2) is 5.27. The molecule has 1 aliphatic heterocycles. The van der Waals surface area contributed by atoms with E-state index in [4.69, 9.17) is 10.7 Å². The Morgan fingerprint density at radius 1 is 1.39 bits per heavy atom. The van der Waals surface area contributed by atoms with E-state index in [9.17, 15) is 4.21 Å². The smallest absolute Gasteiger partial charge is 0.185 e. The average molecular weight is 287 g/mol. The number of nitrogens with two attached hydrogens (primary N) is 1. The van der Waals surface area contributed by atoms with Crippen molar-refractivity contribution in [3.8, 4) is 0 Å². The summed E-state index contributed by atoms with van der Waals surface area (Å²) in [5.74, 6) is 1.50. The van der Waals surface area contributed by atoms with E-state index in [-0.39, 0.29) is 5.41 Å². The van der Waals surface area contributed by atoms with Crippen LogP contribution in [0.4, 0.5) is 5.13 Å². The van der Waals surface area contributed by atoms with E-state index < -0.39 is 10.8 Å². The molecule has 0 radical (unpaired) electrons. The molecular formula is C12H21N3OS2. The van der Waals surface area contributed by atoms with Crippen LogP contribution < -0.4 is 10.6 Å². The second-order valence-electron chi connectivity index (χ2n) is 5.56. The fourth-order valence-electron chi connectivity index (χ4n) is 2.03. The molecule has 18 heavy (non-hydrogen) atoms. The van der Waals surface area contributed by atoms with Crippen LogP contribution in [0.5, 0.6) is 0 Å². The summed E-state index contributed by atoms with van der Waals surface area (Å²) in [6, 6.07) is 0. The fourth-order valence-corrected chi connectivity index (χ4v) is 4.28. The Labute approximate surface area is 115 Å². The van der Waals surface area contributed by atoms with E-state index in [1.54, 1.807) is 11.3 Å². The van der Waals surface area contributed by atoms with Gasteiger partial charge < -0.3 is 10.6 Å². The lowest BCUT2D eigenvalue weighted by molar-refractivity contribution is 0.565. The molecule has 2 rings (SSSR count). The van der Waals surface area contributed by atoms with E-state index in [0.717, 1.165) is 35.4 Å². The lowest BCUT2D eigenvalue weighted by Gasteiger charge is -2.25. The standard InChI is InChI=1S/C12H21N3OS2/c1-12(2,3)10-9(8-13)17-11(14-10)15-4-6-18(16)7-5-15/h4-8,13H2,1-3H3. The van der Waals surface area contributed by atoms with Gasteiger partial charge in [-0.2, -0.15) is 0 Å². The Kier molecular flexibility index (Phi) is 4.08. The van der Waals surface area contributed by atoms with Crippen molar-refractivity contribution < 1.29 is 4.21 Å². The zero-order chi connectivity index (χ0) is 13.3. The zero-order valence-electron chi connectivity index (χ0n) is 11.2. The van der Waals surface area contributed by atoms with Gasteiger partial charge in [0.05, 0.1) is 5.69 Å². The van der Waals surface area contributed by atoms with Crippen LogP contribution in [0, 0.1) is 0 Å². The molecule has 0 bridgehead atoms. The van der Waals surface area contributed by atoms with Gasteiger partial charge in [-0.25, -0.2) is 4.98 Å². The molecule has 0 aromatic carbocycles. The van der Waals surface area contributed by atoms with Crippen molar-refractivity contribution in [1.29, 1.82) is 0 Å². The second-order valence-corrected chi connectivity index (χ2v) is 8.32. The molecule has 4 nitrogen and oxygen atoms in total.